The Morgan fingerprint density at radius 3 is 2.64 bits per heavy atom. The summed E-state index contributed by atoms with van der Waals surface area (Å²) in [5.74, 6) is 0.638. The molecule has 2 rings (SSSR count). The lowest BCUT2D eigenvalue weighted by Crippen LogP contribution is -2.22. The maximum absolute atomic E-state index is 11.7. The number of carbonyl (C=O) groups excluding carboxylic acids is 1. The van der Waals surface area contributed by atoms with Crippen LogP contribution in [0.1, 0.15) is 10.4 Å². The largest absolute Gasteiger partial charge is 0.496 e. The maximum Gasteiger partial charge on any atom is 0.337 e. The Balaban J connectivity index is 2.11. The molecule has 0 aliphatic carbocycles. The van der Waals surface area contributed by atoms with E-state index in [0.29, 0.717) is 36.0 Å². The third-order valence-corrected chi connectivity index (χ3v) is 5.32. The van der Waals surface area contributed by atoms with E-state index in [1.165, 1.54) is 7.11 Å². The molecular formula is C17H25N3O4Si. The molecule has 8 heteroatoms. The zero-order chi connectivity index (χ0) is 18.4. The highest BCUT2D eigenvalue weighted by Gasteiger charge is 2.15. The van der Waals surface area contributed by atoms with Crippen molar-refractivity contribution in [2.75, 3.05) is 20.8 Å². The molecule has 2 aromatic rings. The standard InChI is InChI=1S/C17H25N3O4Si/c1-22-15-7-6-13(17(21)23-2)10-14(15)16-18-11-20(19-16)12-24-8-9-25(3,4)5/h6-7,10-11H,8-9,12H2,1-5H3. The number of nitrogens with zero attached hydrogens (tertiary/aromatic N) is 3. The Kier molecular flexibility index (Phi) is 6.32. The van der Waals surface area contributed by atoms with Crippen molar-refractivity contribution >= 4 is 14.0 Å². The lowest BCUT2D eigenvalue weighted by atomic mass is 10.1. The van der Waals surface area contributed by atoms with Gasteiger partial charge in [-0.2, -0.15) is 0 Å². The normalized spacial score (nSPS) is 11.4. The molecule has 0 radical (unpaired) electrons. The molecule has 0 fully saturated rings. The molecule has 1 aromatic carbocycles. The van der Waals surface area contributed by atoms with Gasteiger partial charge in [0.15, 0.2) is 5.82 Å². The Bertz CT molecular complexity index is 725. The average molecular weight is 363 g/mol. The van der Waals surface area contributed by atoms with Crippen LogP contribution < -0.4 is 4.74 Å². The summed E-state index contributed by atoms with van der Waals surface area (Å²) in [4.78, 5) is 16.0. The monoisotopic (exact) mass is 363 g/mol. The van der Waals surface area contributed by atoms with E-state index in [2.05, 4.69) is 29.7 Å². The zero-order valence-electron chi connectivity index (χ0n) is 15.4. The molecule has 0 amide bonds. The number of hydrogen-bond donors (Lipinski definition) is 0. The van der Waals surface area contributed by atoms with Gasteiger partial charge in [0.1, 0.15) is 18.8 Å². The van der Waals surface area contributed by atoms with Gasteiger partial charge >= 0.3 is 5.97 Å². The van der Waals surface area contributed by atoms with Crippen LogP contribution in [0, 0.1) is 0 Å². The second-order valence-electron chi connectivity index (χ2n) is 6.86. The van der Waals surface area contributed by atoms with E-state index in [-0.39, 0.29) is 0 Å². The summed E-state index contributed by atoms with van der Waals surface area (Å²) in [5, 5.41) is 4.41. The first-order valence-electron chi connectivity index (χ1n) is 8.08. The Morgan fingerprint density at radius 2 is 2.00 bits per heavy atom. The third-order valence-electron chi connectivity index (χ3n) is 3.62. The van der Waals surface area contributed by atoms with Crippen LogP contribution >= 0.6 is 0 Å². The second kappa shape index (κ2) is 8.26. The van der Waals surface area contributed by atoms with Crippen molar-refractivity contribution in [2.24, 2.45) is 0 Å². The average Bonchev–Trinajstić information content (AvgIpc) is 3.05. The summed E-state index contributed by atoms with van der Waals surface area (Å²) < 4.78 is 17.4. The number of aromatic nitrogens is 3. The van der Waals surface area contributed by atoms with Crippen molar-refractivity contribution in [1.82, 2.24) is 14.8 Å². The van der Waals surface area contributed by atoms with Gasteiger partial charge in [0.05, 0.1) is 25.3 Å². The fourth-order valence-corrected chi connectivity index (χ4v) is 2.90. The van der Waals surface area contributed by atoms with Gasteiger partial charge in [0, 0.05) is 14.7 Å². The Labute approximate surface area is 148 Å². The highest BCUT2D eigenvalue weighted by atomic mass is 28.3. The second-order valence-corrected chi connectivity index (χ2v) is 12.5. The van der Waals surface area contributed by atoms with Gasteiger partial charge < -0.3 is 14.2 Å². The summed E-state index contributed by atoms with van der Waals surface area (Å²) >= 11 is 0. The topological polar surface area (TPSA) is 75.5 Å². The molecule has 0 saturated heterocycles. The van der Waals surface area contributed by atoms with Gasteiger partial charge in [-0.1, -0.05) is 19.6 Å². The number of hydrogen-bond acceptors (Lipinski definition) is 6. The molecular weight excluding hydrogens is 338 g/mol. The number of rotatable bonds is 8. The van der Waals surface area contributed by atoms with Crippen LogP contribution in [0.15, 0.2) is 24.5 Å². The number of carbonyl (C=O) groups is 1. The van der Waals surface area contributed by atoms with Crippen molar-refractivity contribution < 1.29 is 19.0 Å². The third kappa shape index (κ3) is 5.40. The molecule has 0 bridgehead atoms. The molecule has 1 heterocycles. The summed E-state index contributed by atoms with van der Waals surface area (Å²) in [6, 6.07) is 6.11. The highest BCUT2D eigenvalue weighted by molar-refractivity contribution is 6.76. The Hall–Kier alpha value is -2.19. The first kappa shape index (κ1) is 19.1. The van der Waals surface area contributed by atoms with E-state index >= 15 is 0 Å². The predicted molar refractivity (Wildman–Crippen MR) is 97.5 cm³/mol. The van der Waals surface area contributed by atoms with E-state index in [1.807, 2.05) is 0 Å². The molecule has 0 aliphatic heterocycles. The van der Waals surface area contributed by atoms with E-state index in [9.17, 15) is 4.79 Å². The van der Waals surface area contributed by atoms with Crippen LogP contribution in [0.4, 0.5) is 0 Å². The van der Waals surface area contributed by atoms with Crippen molar-refractivity contribution in [3.05, 3.63) is 30.1 Å². The minimum Gasteiger partial charge on any atom is -0.496 e. The van der Waals surface area contributed by atoms with Gasteiger partial charge in [-0.05, 0) is 24.2 Å². The van der Waals surface area contributed by atoms with Crippen molar-refractivity contribution in [1.29, 1.82) is 0 Å². The van der Waals surface area contributed by atoms with E-state index in [1.54, 1.807) is 36.3 Å². The van der Waals surface area contributed by atoms with Crippen LogP contribution in [0.5, 0.6) is 5.75 Å². The fourth-order valence-electron chi connectivity index (χ4n) is 2.14. The molecule has 0 spiro atoms. The summed E-state index contributed by atoms with van der Waals surface area (Å²) in [6.45, 7) is 7.99. The van der Waals surface area contributed by atoms with Crippen molar-refractivity contribution in [3.8, 4) is 17.1 Å². The lowest BCUT2D eigenvalue weighted by Gasteiger charge is -2.15. The number of methoxy groups -OCH3 is 2. The number of esters is 1. The first-order valence-corrected chi connectivity index (χ1v) is 11.8. The zero-order valence-corrected chi connectivity index (χ0v) is 16.4. The van der Waals surface area contributed by atoms with Gasteiger partial charge in [-0.3, -0.25) is 0 Å². The molecule has 25 heavy (non-hydrogen) atoms. The predicted octanol–water partition coefficient (Wildman–Crippen LogP) is 3.05. The molecule has 0 saturated carbocycles. The fraction of sp³-hybridized carbons (Fsp3) is 0.471. The molecule has 0 unspecified atom stereocenters. The van der Waals surface area contributed by atoms with Crippen molar-refractivity contribution in [3.63, 3.8) is 0 Å². The van der Waals surface area contributed by atoms with Crippen LogP contribution in [-0.2, 0) is 16.2 Å². The van der Waals surface area contributed by atoms with E-state index < -0.39 is 14.0 Å². The summed E-state index contributed by atoms with van der Waals surface area (Å²) in [6.07, 6.45) is 1.61. The van der Waals surface area contributed by atoms with Crippen LogP contribution in [0.3, 0.4) is 0 Å². The minimum atomic E-state index is -1.11. The van der Waals surface area contributed by atoms with Gasteiger partial charge in [-0.25, -0.2) is 14.5 Å². The van der Waals surface area contributed by atoms with Gasteiger partial charge in [0.2, 0.25) is 0 Å². The first-order chi connectivity index (χ1) is 11.8. The van der Waals surface area contributed by atoms with Gasteiger partial charge in [0.25, 0.3) is 0 Å². The number of ether oxygens (including phenoxy) is 3. The lowest BCUT2D eigenvalue weighted by molar-refractivity contribution is 0.0600. The molecule has 0 aliphatic rings. The summed E-state index contributed by atoms with van der Waals surface area (Å²) in [5.41, 5.74) is 1.05. The molecule has 7 nitrogen and oxygen atoms in total. The molecule has 0 atom stereocenters. The van der Waals surface area contributed by atoms with Crippen LogP contribution in [-0.4, -0.2) is 49.6 Å². The van der Waals surface area contributed by atoms with E-state index in [0.717, 1.165) is 6.04 Å². The smallest absolute Gasteiger partial charge is 0.337 e. The number of benzene rings is 1. The van der Waals surface area contributed by atoms with Crippen LogP contribution in [0.2, 0.25) is 25.7 Å². The molecule has 0 N–H and O–H groups in total. The highest BCUT2D eigenvalue weighted by Crippen LogP contribution is 2.28. The Morgan fingerprint density at radius 1 is 1.24 bits per heavy atom. The van der Waals surface area contributed by atoms with Gasteiger partial charge in [-0.15, -0.1) is 5.10 Å². The molecule has 1 aromatic heterocycles. The maximum atomic E-state index is 11.7. The SMILES string of the molecule is COC(=O)c1ccc(OC)c(-c2ncn(COCC[Si](C)(C)C)n2)c1. The van der Waals surface area contributed by atoms with E-state index in [4.69, 9.17) is 14.2 Å². The van der Waals surface area contributed by atoms with Crippen LogP contribution in [0.25, 0.3) is 11.4 Å². The summed E-state index contributed by atoms with van der Waals surface area (Å²) in [7, 11) is 1.80. The van der Waals surface area contributed by atoms with Crippen molar-refractivity contribution in [2.45, 2.75) is 32.4 Å². The molecule has 136 valence electrons. The minimum absolute atomic E-state index is 0.344. The quantitative estimate of drug-likeness (QED) is 0.408.